The molecule has 2 N–H and O–H groups in total. The lowest BCUT2D eigenvalue weighted by molar-refractivity contribution is -0.133. The summed E-state index contributed by atoms with van der Waals surface area (Å²) in [6, 6.07) is 7.96. The number of fused-ring (bicyclic) bond motifs is 1. The molecule has 3 fully saturated rings. The maximum absolute atomic E-state index is 12.8. The summed E-state index contributed by atoms with van der Waals surface area (Å²) in [5.41, 5.74) is -0.316. The highest BCUT2D eigenvalue weighted by atomic mass is 32.1. The van der Waals surface area contributed by atoms with Gasteiger partial charge in [0, 0.05) is 50.9 Å². The van der Waals surface area contributed by atoms with E-state index in [4.69, 9.17) is 9.15 Å². The zero-order chi connectivity index (χ0) is 18.4. The number of nitrogens with zero attached hydrogens (tertiary/aromatic N) is 1. The molecule has 0 aliphatic carbocycles. The third kappa shape index (κ3) is 2.93. The molecule has 5 rings (SSSR count). The third-order valence-corrected chi connectivity index (χ3v) is 7.16. The first kappa shape index (κ1) is 17.4. The minimum atomic E-state index is -0.316. The SMILES string of the molecule is O=C(CCc1ccc(-c2cccs2)o1)N1C[C@@H]2[C@H](CO)[C@H]3CNC[C@]2(C1)O3. The van der Waals surface area contributed by atoms with Crippen LogP contribution in [-0.2, 0) is 16.0 Å². The number of morpholine rings is 1. The highest BCUT2D eigenvalue weighted by Crippen LogP contribution is 2.47. The Kier molecular flexibility index (Phi) is 4.35. The molecule has 6 nitrogen and oxygen atoms in total. The minimum Gasteiger partial charge on any atom is -0.460 e. The number of carbonyl (C=O) groups excluding carboxylic acids is 1. The first-order valence-corrected chi connectivity index (χ1v) is 10.5. The highest BCUT2D eigenvalue weighted by Gasteiger charge is 2.61. The van der Waals surface area contributed by atoms with Crippen molar-refractivity contribution in [1.82, 2.24) is 10.2 Å². The zero-order valence-corrected chi connectivity index (χ0v) is 15.9. The van der Waals surface area contributed by atoms with Gasteiger partial charge < -0.3 is 24.5 Å². The maximum atomic E-state index is 12.8. The molecule has 0 unspecified atom stereocenters. The van der Waals surface area contributed by atoms with Gasteiger partial charge in [-0.1, -0.05) is 6.07 Å². The van der Waals surface area contributed by atoms with Crippen LogP contribution >= 0.6 is 11.3 Å². The van der Waals surface area contributed by atoms with E-state index in [9.17, 15) is 9.90 Å². The fourth-order valence-corrected chi connectivity index (χ4v) is 5.63. The van der Waals surface area contributed by atoms with Gasteiger partial charge in [0.05, 0.1) is 17.5 Å². The van der Waals surface area contributed by atoms with Crippen molar-refractivity contribution >= 4 is 17.2 Å². The fraction of sp³-hybridized carbons (Fsp3) is 0.550. The molecular weight excluding hydrogens is 364 g/mol. The Balaban J connectivity index is 1.22. The van der Waals surface area contributed by atoms with Crippen molar-refractivity contribution in [2.45, 2.75) is 24.5 Å². The van der Waals surface area contributed by atoms with E-state index >= 15 is 0 Å². The van der Waals surface area contributed by atoms with Gasteiger partial charge in [-0.3, -0.25) is 4.79 Å². The maximum Gasteiger partial charge on any atom is 0.223 e. The average Bonchev–Trinajstić information content (AvgIpc) is 3.43. The second-order valence-corrected chi connectivity index (χ2v) is 8.77. The number of thiophene rings is 1. The molecule has 3 aliphatic rings. The number of likely N-dealkylation sites (tertiary alicyclic amines) is 1. The van der Waals surface area contributed by atoms with Crippen molar-refractivity contribution in [3.63, 3.8) is 0 Å². The largest absolute Gasteiger partial charge is 0.460 e. The number of aliphatic hydroxyl groups excluding tert-OH is 1. The van der Waals surface area contributed by atoms with Gasteiger partial charge >= 0.3 is 0 Å². The Morgan fingerprint density at radius 2 is 2.33 bits per heavy atom. The molecule has 2 bridgehead atoms. The van der Waals surface area contributed by atoms with Crippen molar-refractivity contribution in [2.75, 3.05) is 32.8 Å². The van der Waals surface area contributed by atoms with Crippen molar-refractivity contribution in [1.29, 1.82) is 0 Å². The summed E-state index contributed by atoms with van der Waals surface area (Å²) in [5.74, 6) is 2.18. The molecule has 5 heterocycles. The molecule has 3 saturated heterocycles. The van der Waals surface area contributed by atoms with Gasteiger partial charge in [0.2, 0.25) is 5.91 Å². The number of ether oxygens (including phenoxy) is 1. The van der Waals surface area contributed by atoms with Crippen LogP contribution in [-0.4, -0.2) is 60.4 Å². The molecule has 3 aliphatic heterocycles. The van der Waals surface area contributed by atoms with Crippen LogP contribution in [0.5, 0.6) is 0 Å². The molecule has 2 aromatic heterocycles. The Morgan fingerprint density at radius 3 is 3.15 bits per heavy atom. The van der Waals surface area contributed by atoms with Crippen LogP contribution in [0.4, 0.5) is 0 Å². The summed E-state index contributed by atoms with van der Waals surface area (Å²) in [7, 11) is 0. The van der Waals surface area contributed by atoms with Crippen molar-refractivity contribution < 1.29 is 19.1 Å². The lowest BCUT2D eigenvalue weighted by Gasteiger charge is -2.33. The molecule has 7 heteroatoms. The van der Waals surface area contributed by atoms with Crippen molar-refractivity contribution in [3.05, 3.63) is 35.4 Å². The van der Waals surface area contributed by atoms with Gasteiger partial charge in [0.1, 0.15) is 17.1 Å². The minimum absolute atomic E-state index is 0.0739. The van der Waals surface area contributed by atoms with Gasteiger partial charge in [-0.05, 0) is 23.6 Å². The van der Waals surface area contributed by atoms with Crippen molar-refractivity contribution in [2.24, 2.45) is 11.8 Å². The Hall–Kier alpha value is -1.67. The smallest absolute Gasteiger partial charge is 0.223 e. The topological polar surface area (TPSA) is 74.9 Å². The van der Waals surface area contributed by atoms with Gasteiger partial charge in [-0.15, -0.1) is 11.3 Å². The third-order valence-electron chi connectivity index (χ3n) is 6.28. The number of rotatable bonds is 5. The summed E-state index contributed by atoms with van der Waals surface area (Å²) in [6.45, 7) is 2.98. The molecule has 4 atom stereocenters. The van der Waals surface area contributed by atoms with E-state index in [1.807, 2.05) is 34.5 Å². The molecule has 1 spiro atoms. The molecule has 2 aromatic rings. The van der Waals surface area contributed by atoms with Crippen LogP contribution in [0.3, 0.4) is 0 Å². The van der Waals surface area contributed by atoms with Crippen LogP contribution < -0.4 is 5.32 Å². The van der Waals surface area contributed by atoms with Gasteiger partial charge in [0.15, 0.2) is 0 Å². The van der Waals surface area contributed by atoms with E-state index < -0.39 is 0 Å². The summed E-state index contributed by atoms with van der Waals surface area (Å²) in [4.78, 5) is 15.8. The van der Waals surface area contributed by atoms with Gasteiger partial charge in [-0.2, -0.15) is 0 Å². The van der Waals surface area contributed by atoms with Gasteiger partial charge in [0.25, 0.3) is 0 Å². The highest BCUT2D eigenvalue weighted by molar-refractivity contribution is 7.13. The van der Waals surface area contributed by atoms with E-state index in [0.717, 1.165) is 29.5 Å². The summed E-state index contributed by atoms with van der Waals surface area (Å²) >= 11 is 1.64. The zero-order valence-electron chi connectivity index (χ0n) is 15.1. The summed E-state index contributed by atoms with van der Waals surface area (Å²) in [5, 5.41) is 15.2. The number of nitrogens with one attached hydrogen (secondary N) is 1. The number of aliphatic hydroxyl groups is 1. The Labute approximate surface area is 162 Å². The monoisotopic (exact) mass is 388 g/mol. The molecule has 27 heavy (non-hydrogen) atoms. The molecule has 144 valence electrons. The number of amides is 1. The van der Waals surface area contributed by atoms with Crippen LogP contribution in [0.2, 0.25) is 0 Å². The average molecular weight is 388 g/mol. The van der Waals surface area contributed by atoms with Gasteiger partial charge in [-0.25, -0.2) is 0 Å². The predicted molar refractivity (Wildman–Crippen MR) is 101 cm³/mol. The van der Waals surface area contributed by atoms with E-state index in [2.05, 4.69) is 5.32 Å². The second kappa shape index (κ2) is 6.74. The molecular formula is C20H24N2O4S. The van der Waals surface area contributed by atoms with E-state index in [1.54, 1.807) is 11.3 Å². The first-order valence-electron chi connectivity index (χ1n) is 9.58. The van der Waals surface area contributed by atoms with Crippen LogP contribution in [0, 0.1) is 11.8 Å². The van der Waals surface area contributed by atoms with Crippen LogP contribution in [0.1, 0.15) is 12.2 Å². The number of carbonyl (C=O) groups is 1. The molecule has 0 radical (unpaired) electrons. The lowest BCUT2D eigenvalue weighted by atomic mass is 9.83. The van der Waals surface area contributed by atoms with Crippen molar-refractivity contribution in [3.8, 4) is 10.6 Å². The standard InChI is InChI=1S/C20H24N2O4S/c23-10-14-15-9-22(12-20(15)11-21-8-17(14)26-20)19(24)6-4-13-3-5-16(25-13)18-2-1-7-27-18/h1-3,5,7,14-15,17,21,23H,4,6,8-12H2/t14-,15+,17+,20+/m0/s1. The van der Waals surface area contributed by atoms with E-state index in [-0.39, 0.29) is 36.1 Å². The fourth-order valence-electron chi connectivity index (χ4n) is 4.94. The van der Waals surface area contributed by atoms with E-state index in [0.29, 0.717) is 25.9 Å². The van der Waals surface area contributed by atoms with E-state index in [1.165, 1.54) is 0 Å². The lowest BCUT2D eigenvalue weighted by Crippen LogP contribution is -2.52. The second-order valence-electron chi connectivity index (χ2n) is 7.82. The number of hydrogen-bond donors (Lipinski definition) is 2. The van der Waals surface area contributed by atoms with Crippen LogP contribution in [0.25, 0.3) is 10.6 Å². The molecule has 0 saturated carbocycles. The Bertz CT molecular complexity index is 820. The molecule has 1 amide bonds. The first-order chi connectivity index (χ1) is 13.2. The quantitative estimate of drug-likeness (QED) is 0.816. The number of furan rings is 1. The number of aryl methyl sites for hydroxylation is 1. The summed E-state index contributed by atoms with van der Waals surface area (Å²) in [6.07, 6.45) is 1.11. The summed E-state index contributed by atoms with van der Waals surface area (Å²) < 4.78 is 12.2. The number of hydrogen-bond acceptors (Lipinski definition) is 6. The van der Waals surface area contributed by atoms with Crippen LogP contribution in [0.15, 0.2) is 34.1 Å². The predicted octanol–water partition coefficient (Wildman–Crippen LogP) is 1.75. The molecule has 0 aromatic carbocycles. The Morgan fingerprint density at radius 1 is 1.41 bits per heavy atom. The normalized spacial score (nSPS) is 32.0.